The summed E-state index contributed by atoms with van der Waals surface area (Å²) in [6.07, 6.45) is 0. The van der Waals surface area contributed by atoms with E-state index >= 15 is 0 Å². The molecule has 2 aromatic carbocycles. The summed E-state index contributed by atoms with van der Waals surface area (Å²) in [4.78, 5) is 13.2. The third-order valence-corrected chi connectivity index (χ3v) is 5.16. The number of carbonyl (C=O) groups is 1. The molecule has 0 aromatic heterocycles. The Hall–Kier alpha value is -2.54. The molecule has 0 saturated heterocycles. The highest BCUT2D eigenvalue weighted by Gasteiger charge is 2.23. The number of carbonyl (C=O) groups excluding carboxylic acids is 1. The van der Waals surface area contributed by atoms with E-state index in [0.29, 0.717) is 17.1 Å². The SMILES string of the molecule is Cc1ccccc1CS(=O)(=O)Nc1ccc2c(c1)N(C)C(=O)CO2. The van der Waals surface area contributed by atoms with E-state index in [1.165, 1.54) is 4.90 Å². The van der Waals surface area contributed by atoms with Crippen LogP contribution in [0.15, 0.2) is 42.5 Å². The van der Waals surface area contributed by atoms with Crippen molar-refractivity contribution in [3.05, 3.63) is 53.6 Å². The lowest BCUT2D eigenvalue weighted by Crippen LogP contribution is -2.35. The largest absolute Gasteiger partial charge is 0.482 e. The lowest BCUT2D eigenvalue weighted by Gasteiger charge is -2.26. The first-order chi connectivity index (χ1) is 11.4. The molecule has 24 heavy (non-hydrogen) atoms. The fourth-order valence-electron chi connectivity index (χ4n) is 2.53. The second-order valence-corrected chi connectivity index (χ2v) is 7.43. The third-order valence-electron chi connectivity index (χ3n) is 3.93. The van der Waals surface area contributed by atoms with Gasteiger partial charge in [-0.25, -0.2) is 8.42 Å². The molecule has 0 radical (unpaired) electrons. The Bertz CT molecular complexity index is 893. The number of fused-ring (bicyclic) bond motifs is 1. The van der Waals surface area contributed by atoms with E-state index in [1.54, 1.807) is 31.3 Å². The highest BCUT2D eigenvalue weighted by molar-refractivity contribution is 7.91. The van der Waals surface area contributed by atoms with Crippen molar-refractivity contribution in [2.24, 2.45) is 0 Å². The summed E-state index contributed by atoms with van der Waals surface area (Å²) in [7, 11) is -1.93. The Morgan fingerprint density at radius 1 is 1.21 bits per heavy atom. The standard InChI is InChI=1S/C17H18N2O4S/c1-12-5-3-4-6-13(12)11-24(21,22)18-14-7-8-16-15(9-14)19(2)17(20)10-23-16/h3-9,18H,10-11H2,1-2H3. The van der Waals surface area contributed by atoms with Crippen molar-refractivity contribution < 1.29 is 17.9 Å². The van der Waals surface area contributed by atoms with Crippen molar-refractivity contribution in [2.45, 2.75) is 12.7 Å². The van der Waals surface area contributed by atoms with Crippen LogP contribution in [-0.4, -0.2) is 28.0 Å². The van der Waals surface area contributed by atoms with Crippen molar-refractivity contribution >= 4 is 27.3 Å². The van der Waals surface area contributed by atoms with Crippen LogP contribution in [-0.2, 0) is 20.6 Å². The zero-order valence-corrected chi connectivity index (χ0v) is 14.3. The molecule has 0 aliphatic carbocycles. The van der Waals surface area contributed by atoms with Crippen LogP contribution in [0.5, 0.6) is 5.75 Å². The monoisotopic (exact) mass is 346 g/mol. The van der Waals surface area contributed by atoms with Crippen molar-refractivity contribution in [3.63, 3.8) is 0 Å². The van der Waals surface area contributed by atoms with Gasteiger partial charge in [-0.3, -0.25) is 9.52 Å². The molecule has 3 rings (SSSR count). The highest BCUT2D eigenvalue weighted by atomic mass is 32.2. The number of rotatable bonds is 4. The van der Waals surface area contributed by atoms with E-state index in [-0.39, 0.29) is 18.3 Å². The molecular formula is C17H18N2O4S. The molecule has 1 heterocycles. The zero-order valence-electron chi connectivity index (χ0n) is 13.4. The van der Waals surface area contributed by atoms with Crippen LogP contribution in [0.4, 0.5) is 11.4 Å². The molecule has 1 amide bonds. The summed E-state index contributed by atoms with van der Waals surface area (Å²) in [6.45, 7) is 1.86. The van der Waals surface area contributed by atoms with Crippen LogP contribution in [0.2, 0.25) is 0 Å². The maximum absolute atomic E-state index is 12.4. The average molecular weight is 346 g/mol. The van der Waals surface area contributed by atoms with Gasteiger partial charge in [0.15, 0.2) is 6.61 Å². The Morgan fingerprint density at radius 2 is 1.96 bits per heavy atom. The van der Waals surface area contributed by atoms with Crippen LogP contribution in [0.1, 0.15) is 11.1 Å². The van der Waals surface area contributed by atoms with Crippen molar-refractivity contribution in [1.29, 1.82) is 0 Å². The molecule has 0 fully saturated rings. The molecule has 0 bridgehead atoms. The molecule has 6 nitrogen and oxygen atoms in total. The molecule has 0 atom stereocenters. The number of hydrogen-bond acceptors (Lipinski definition) is 4. The summed E-state index contributed by atoms with van der Waals surface area (Å²) in [5.74, 6) is 0.267. The minimum atomic E-state index is -3.56. The van der Waals surface area contributed by atoms with Crippen molar-refractivity contribution in [3.8, 4) is 5.75 Å². The van der Waals surface area contributed by atoms with Crippen LogP contribution in [0.25, 0.3) is 0 Å². The maximum atomic E-state index is 12.4. The minimum absolute atomic E-state index is 0.0120. The molecule has 7 heteroatoms. The number of hydrogen-bond donors (Lipinski definition) is 1. The molecule has 1 aliphatic heterocycles. The van der Waals surface area contributed by atoms with Gasteiger partial charge >= 0.3 is 0 Å². The molecule has 126 valence electrons. The Balaban J connectivity index is 1.83. The number of anilines is 2. The third kappa shape index (κ3) is 3.35. The average Bonchev–Trinajstić information content (AvgIpc) is 2.53. The molecule has 0 spiro atoms. The lowest BCUT2D eigenvalue weighted by molar-refractivity contribution is -0.120. The van der Waals surface area contributed by atoms with Crippen LogP contribution >= 0.6 is 0 Å². The number of aryl methyl sites for hydroxylation is 1. The van der Waals surface area contributed by atoms with Gasteiger partial charge in [0.2, 0.25) is 10.0 Å². The van der Waals surface area contributed by atoms with E-state index < -0.39 is 10.0 Å². The zero-order chi connectivity index (χ0) is 17.3. The fraction of sp³-hybridized carbons (Fsp3) is 0.235. The van der Waals surface area contributed by atoms with Crippen LogP contribution < -0.4 is 14.4 Å². The van der Waals surface area contributed by atoms with Crippen molar-refractivity contribution in [1.82, 2.24) is 0 Å². The van der Waals surface area contributed by atoms with Crippen LogP contribution in [0.3, 0.4) is 0 Å². The molecule has 0 saturated carbocycles. The topological polar surface area (TPSA) is 75.7 Å². The van der Waals surface area contributed by atoms with Gasteiger partial charge < -0.3 is 9.64 Å². The lowest BCUT2D eigenvalue weighted by atomic mass is 10.1. The highest BCUT2D eigenvalue weighted by Crippen LogP contribution is 2.34. The van der Waals surface area contributed by atoms with Crippen molar-refractivity contribution in [2.75, 3.05) is 23.3 Å². The van der Waals surface area contributed by atoms with Gasteiger partial charge in [-0.2, -0.15) is 0 Å². The first-order valence-corrected chi connectivity index (χ1v) is 9.09. The predicted molar refractivity (Wildman–Crippen MR) is 92.8 cm³/mol. The fourth-order valence-corrected chi connectivity index (χ4v) is 3.82. The molecule has 1 aliphatic rings. The number of nitrogens with one attached hydrogen (secondary N) is 1. The van der Waals surface area contributed by atoms with Gasteiger partial charge in [0.25, 0.3) is 5.91 Å². The summed E-state index contributed by atoms with van der Waals surface area (Å²) < 4.78 is 32.7. The van der Waals surface area contributed by atoms with Gasteiger partial charge in [0.05, 0.1) is 17.1 Å². The normalized spacial score (nSPS) is 14.1. The Kier molecular flexibility index (Phi) is 4.19. The number of sulfonamides is 1. The summed E-state index contributed by atoms with van der Waals surface area (Å²) >= 11 is 0. The first-order valence-electron chi connectivity index (χ1n) is 7.44. The smallest absolute Gasteiger partial charge is 0.264 e. The van der Waals surface area contributed by atoms with Gasteiger partial charge in [-0.05, 0) is 36.2 Å². The van der Waals surface area contributed by atoms with Gasteiger partial charge in [0, 0.05) is 7.05 Å². The van der Waals surface area contributed by atoms with E-state index in [9.17, 15) is 13.2 Å². The molecule has 2 aromatic rings. The second kappa shape index (κ2) is 6.16. The number of benzene rings is 2. The van der Waals surface area contributed by atoms with E-state index in [4.69, 9.17) is 4.74 Å². The maximum Gasteiger partial charge on any atom is 0.264 e. The van der Waals surface area contributed by atoms with E-state index in [0.717, 1.165) is 11.1 Å². The number of likely N-dealkylation sites (N-methyl/N-ethyl adjacent to an activating group) is 1. The Morgan fingerprint density at radius 3 is 2.71 bits per heavy atom. The summed E-state index contributed by atoms with van der Waals surface area (Å²) in [5.41, 5.74) is 2.61. The van der Waals surface area contributed by atoms with Gasteiger partial charge in [-0.1, -0.05) is 24.3 Å². The quantitative estimate of drug-likeness (QED) is 0.922. The number of amides is 1. The molecular weight excluding hydrogens is 328 g/mol. The minimum Gasteiger partial charge on any atom is -0.482 e. The number of nitrogens with zero attached hydrogens (tertiary/aromatic N) is 1. The molecule has 0 unspecified atom stereocenters. The van der Waals surface area contributed by atoms with Gasteiger partial charge in [0.1, 0.15) is 5.75 Å². The second-order valence-electron chi connectivity index (χ2n) is 5.71. The van der Waals surface area contributed by atoms with Gasteiger partial charge in [-0.15, -0.1) is 0 Å². The van der Waals surface area contributed by atoms with Crippen LogP contribution in [0, 0.1) is 6.92 Å². The summed E-state index contributed by atoms with van der Waals surface area (Å²) in [6, 6.07) is 12.2. The van der Waals surface area contributed by atoms with E-state index in [2.05, 4.69) is 4.72 Å². The Labute approximate surface area is 141 Å². The number of ether oxygens (including phenoxy) is 1. The molecule has 1 N–H and O–H groups in total. The van der Waals surface area contributed by atoms with E-state index in [1.807, 2.05) is 25.1 Å². The first kappa shape index (κ1) is 16.3. The summed E-state index contributed by atoms with van der Waals surface area (Å²) in [5, 5.41) is 0. The predicted octanol–water partition coefficient (Wildman–Crippen LogP) is 2.29.